The smallest absolute Gasteiger partial charge is 0.387 e. The van der Waals surface area contributed by atoms with Gasteiger partial charge in [0.05, 0.1) is 0 Å². The molecule has 6 heteroatoms. The molecule has 0 heterocycles. The van der Waals surface area contributed by atoms with Gasteiger partial charge in [0.25, 0.3) is 5.91 Å². The molecule has 1 fully saturated rings. The van der Waals surface area contributed by atoms with Gasteiger partial charge in [-0.2, -0.15) is 8.78 Å². The lowest BCUT2D eigenvalue weighted by Gasteiger charge is -2.28. The third-order valence-corrected chi connectivity index (χ3v) is 3.79. The summed E-state index contributed by atoms with van der Waals surface area (Å²) in [6, 6.07) is 6.52. The molecule has 1 amide bonds. The Balaban J connectivity index is 1.91. The molecule has 1 aromatic rings. The van der Waals surface area contributed by atoms with Crippen molar-refractivity contribution in [1.29, 1.82) is 0 Å². The Morgan fingerprint density at radius 1 is 1.24 bits per heavy atom. The van der Waals surface area contributed by atoms with E-state index < -0.39 is 6.61 Å². The minimum absolute atomic E-state index is 0.00320. The van der Waals surface area contributed by atoms with Crippen LogP contribution in [0.3, 0.4) is 0 Å². The van der Waals surface area contributed by atoms with Crippen molar-refractivity contribution in [3.63, 3.8) is 0 Å². The van der Waals surface area contributed by atoms with Gasteiger partial charge in [-0.1, -0.05) is 6.07 Å². The Morgan fingerprint density at radius 2 is 1.90 bits per heavy atom. The third-order valence-electron chi connectivity index (χ3n) is 3.79. The van der Waals surface area contributed by atoms with Crippen molar-refractivity contribution in [2.45, 2.75) is 44.4 Å². The topological polar surface area (TPSA) is 50.4 Å². The first kappa shape index (κ1) is 15.7. The van der Waals surface area contributed by atoms with E-state index in [0.29, 0.717) is 11.6 Å². The van der Waals surface area contributed by atoms with E-state index in [1.165, 1.54) is 18.2 Å². The maximum atomic E-state index is 12.2. The third kappa shape index (κ3) is 4.67. The predicted molar refractivity (Wildman–Crippen MR) is 75.6 cm³/mol. The molecule has 0 aromatic heterocycles. The number of hydrogen-bond donors (Lipinski definition) is 2. The summed E-state index contributed by atoms with van der Waals surface area (Å²) in [5.74, 6) is -0.251. The van der Waals surface area contributed by atoms with Crippen molar-refractivity contribution in [2.75, 3.05) is 7.05 Å². The molecule has 1 aliphatic carbocycles. The van der Waals surface area contributed by atoms with Crippen molar-refractivity contribution >= 4 is 5.91 Å². The zero-order valence-electron chi connectivity index (χ0n) is 11.9. The van der Waals surface area contributed by atoms with Crippen LogP contribution in [-0.2, 0) is 0 Å². The standard InChI is InChI=1S/C15H20F2N2O2/c1-18-11-5-7-12(8-6-11)19-14(20)10-3-2-4-13(9-10)21-15(16)17/h2-4,9,11-12,15,18H,5-8H2,1H3,(H,19,20). The number of halogens is 2. The van der Waals surface area contributed by atoms with Crippen LogP contribution in [0.1, 0.15) is 36.0 Å². The Morgan fingerprint density at radius 3 is 2.52 bits per heavy atom. The van der Waals surface area contributed by atoms with Crippen molar-refractivity contribution in [3.8, 4) is 5.75 Å². The van der Waals surface area contributed by atoms with Crippen LogP contribution >= 0.6 is 0 Å². The number of nitrogens with one attached hydrogen (secondary N) is 2. The number of carbonyl (C=O) groups excluding carboxylic acids is 1. The number of rotatable bonds is 5. The second-order valence-corrected chi connectivity index (χ2v) is 5.22. The monoisotopic (exact) mass is 298 g/mol. The molecule has 0 unspecified atom stereocenters. The predicted octanol–water partition coefficient (Wildman–Crippen LogP) is 2.55. The fourth-order valence-electron chi connectivity index (χ4n) is 2.61. The molecular formula is C15H20F2N2O2. The minimum atomic E-state index is -2.89. The number of carbonyl (C=O) groups is 1. The van der Waals surface area contributed by atoms with Crippen LogP contribution in [0.2, 0.25) is 0 Å². The summed E-state index contributed by atoms with van der Waals surface area (Å²) in [4.78, 5) is 12.1. The largest absolute Gasteiger partial charge is 0.435 e. The Bertz CT molecular complexity index is 474. The molecule has 116 valence electrons. The average molecular weight is 298 g/mol. The Labute approximate surface area is 122 Å². The van der Waals surface area contributed by atoms with Gasteiger partial charge in [0.15, 0.2) is 0 Å². The SMILES string of the molecule is CNC1CCC(NC(=O)c2cccc(OC(F)F)c2)CC1. The van der Waals surface area contributed by atoms with Gasteiger partial charge in [-0.15, -0.1) is 0 Å². The van der Waals surface area contributed by atoms with E-state index in [2.05, 4.69) is 15.4 Å². The zero-order valence-corrected chi connectivity index (χ0v) is 11.9. The van der Waals surface area contributed by atoms with Crippen LogP contribution in [0.5, 0.6) is 5.75 Å². The molecule has 1 aromatic carbocycles. The Hall–Kier alpha value is -1.69. The molecule has 0 atom stereocenters. The van der Waals surface area contributed by atoms with E-state index in [4.69, 9.17) is 0 Å². The first-order valence-corrected chi connectivity index (χ1v) is 7.11. The summed E-state index contributed by atoms with van der Waals surface area (Å²) < 4.78 is 28.6. The normalized spacial score (nSPS) is 22.1. The number of alkyl halides is 2. The highest BCUT2D eigenvalue weighted by molar-refractivity contribution is 5.94. The molecule has 2 rings (SSSR count). The van der Waals surface area contributed by atoms with E-state index in [1.807, 2.05) is 7.05 Å². The van der Waals surface area contributed by atoms with Gasteiger partial charge >= 0.3 is 6.61 Å². The minimum Gasteiger partial charge on any atom is -0.435 e. The molecule has 2 N–H and O–H groups in total. The van der Waals surface area contributed by atoms with E-state index in [-0.39, 0.29) is 17.7 Å². The Kier molecular flexibility index (Phi) is 5.50. The van der Waals surface area contributed by atoms with Gasteiger partial charge in [0, 0.05) is 17.6 Å². The fourth-order valence-corrected chi connectivity index (χ4v) is 2.61. The quantitative estimate of drug-likeness (QED) is 0.878. The van der Waals surface area contributed by atoms with E-state index >= 15 is 0 Å². The zero-order chi connectivity index (χ0) is 15.2. The molecule has 0 saturated heterocycles. The highest BCUT2D eigenvalue weighted by Crippen LogP contribution is 2.20. The van der Waals surface area contributed by atoms with Crippen LogP contribution in [0.25, 0.3) is 0 Å². The lowest BCUT2D eigenvalue weighted by molar-refractivity contribution is -0.0498. The second kappa shape index (κ2) is 7.36. The molecule has 0 radical (unpaired) electrons. The first-order valence-electron chi connectivity index (χ1n) is 7.11. The van der Waals surface area contributed by atoms with Crippen LogP contribution in [0.15, 0.2) is 24.3 Å². The lowest BCUT2D eigenvalue weighted by Crippen LogP contribution is -2.41. The average Bonchev–Trinajstić information content (AvgIpc) is 2.47. The van der Waals surface area contributed by atoms with Crippen LogP contribution in [-0.4, -0.2) is 31.7 Å². The molecule has 21 heavy (non-hydrogen) atoms. The highest BCUT2D eigenvalue weighted by atomic mass is 19.3. The molecule has 1 saturated carbocycles. The van der Waals surface area contributed by atoms with Gasteiger partial charge < -0.3 is 15.4 Å². The molecule has 0 aliphatic heterocycles. The first-order chi connectivity index (χ1) is 10.1. The number of ether oxygens (including phenoxy) is 1. The van der Waals surface area contributed by atoms with Gasteiger partial charge in [-0.3, -0.25) is 4.79 Å². The van der Waals surface area contributed by atoms with Gasteiger partial charge in [0.2, 0.25) is 0 Å². The summed E-state index contributed by atoms with van der Waals surface area (Å²) in [5.41, 5.74) is 0.337. The molecule has 0 bridgehead atoms. The summed E-state index contributed by atoms with van der Waals surface area (Å²) in [7, 11) is 1.94. The highest BCUT2D eigenvalue weighted by Gasteiger charge is 2.21. The molecule has 4 nitrogen and oxygen atoms in total. The second-order valence-electron chi connectivity index (χ2n) is 5.22. The number of hydrogen-bond acceptors (Lipinski definition) is 3. The van der Waals surface area contributed by atoms with Gasteiger partial charge in [-0.05, 0) is 50.9 Å². The molecule has 0 spiro atoms. The summed E-state index contributed by atoms with van der Waals surface area (Å²) in [6.45, 7) is -2.89. The molecule has 1 aliphatic rings. The summed E-state index contributed by atoms with van der Waals surface area (Å²) in [6.07, 6.45) is 3.89. The van der Waals surface area contributed by atoms with Crippen molar-refractivity contribution in [3.05, 3.63) is 29.8 Å². The maximum absolute atomic E-state index is 12.2. The number of benzene rings is 1. The van der Waals surface area contributed by atoms with Gasteiger partial charge in [0.1, 0.15) is 5.75 Å². The van der Waals surface area contributed by atoms with Crippen LogP contribution < -0.4 is 15.4 Å². The molecular weight excluding hydrogens is 278 g/mol. The van der Waals surface area contributed by atoms with Gasteiger partial charge in [-0.25, -0.2) is 0 Å². The van der Waals surface area contributed by atoms with E-state index in [9.17, 15) is 13.6 Å². The fraction of sp³-hybridized carbons (Fsp3) is 0.533. The van der Waals surface area contributed by atoms with Crippen LogP contribution in [0.4, 0.5) is 8.78 Å². The van der Waals surface area contributed by atoms with Crippen molar-refractivity contribution in [2.24, 2.45) is 0 Å². The summed E-state index contributed by atoms with van der Waals surface area (Å²) in [5, 5.41) is 6.19. The number of amides is 1. The van der Waals surface area contributed by atoms with E-state index in [0.717, 1.165) is 25.7 Å². The maximum Gasteiger partial charge on any atom is 0.387 e. The van der Waals surface area contributed by atoms with Crippen molar-refractivity contribution in [1.82, 2.24) is 10.6 Å². The summed E-state index contributed by atoms with van der Waals surface area (Å²) >= 11 is 0. The lowest BCUT2D eigenvalue weighted by atomic mass is 9.91. The van der Waals surface area contributed by atoms with Crippen molar-refractivity contribution < 1.29 is 18.3 Å². The van der Waals surface area contributed by atoms with E-state index in [1.54, 1.807) is 6.07 Å². The van der Waals surface area contributed by atoms with Crippen LogP contribution in [0, 0.1) is 0 Å².